The van der Waals surface area contributed by atoms with Crippen LogP contribution >= 0.6 is 23.1 Å². The Balaban J connectivity index is 1.89. The van der Waals surface area contributed by atoms with Gasteiger partial charge in [0.05, 0.1) is 18.7 Å². The van der Waals surface area contributed by atoms with Crippen LogP contribution in [-0.4, -0.2) is 23.8 Å². The number of aromatic nitrogens is 1. The molecule has 3 nitrogen and oxygen atoms in total. The Labute approximate surface area is 133 Å². The van der Waals surface area contributed by atoms with Crippen molar-refractivity contribution < 1.29 is 9.53 Å². The number of rotatable bonds is 6. The van der Waals surface area contributed by atoms with Gasteiger partial charge in [0.15, 0.2) is 0 Å². The van der Waals surface area contributed by atoms with Crippen LogP contribution in [0.25, 0.3) is 10.6 Å². The summed E-state index contributed by atoms with van der Waals surface area (Å²) in [4.78, 5) is 16.0. The van der Waals surface area contributed by atoms with Gasteiger partial charge in [-0.05, 0) is 6.92 Å². The van der Waals surface area contributed by atoms with E-state index in [1.54, 1.807) is 23.1 Å². The standard InChI is InChI=1S/C16H19NO2S2/c1-11-4-6-13(7-5-11)15-17-14(10-21-15)9-20-8-12(2)16(18)19-3/h4-7,10,12H,8-9H2,1-3H3. The number of hydrogen-bond acceptors (Lipinski definition) is 5. The maximum atomic E-state index is 11.3. The number of esters is 1. The maximum absolute atomic E-state index is 11.3. The van der Waals surface area contributed by atoms with Gasteiger partial charge < -0.3 is 4.74 Å². The number of ether oxygens (including phenoxy) is 1. The molecule has 1 atom stereocenters. The Morgan fingerprint density at radius 3 is 2.76 bits per heavy atom. The molecule has 0 aliphatic carbocycles. The number of carbonyl (C=O) groups is 1. The fraction of sp³-hybridized carbons (Fsp3) is 0.375. The highest BCUT2D eigenvalue weighted by molar-refractivity contribution is 7.98. The number of carbonyl (C=O) groups excluding carboxylic acids is 1. The predicted octanol–water partition coefficient (Wildman–Crippen LogP) is 4.16. The molecule has 1 unspecified atom stereocenters. The number of thioether (sulfide) groups is 1. The molecule has 0 aliphatic heterocycles. The Bertz CT molecular complexity index is 593. The van der Waals surface area contributed by atoms with Crippen LogP contribution in [-0.2, 0) is 15.3 Å². The normalized spacial score (nSPS) is 12.1. The molecular weight excluding hydrogens is 302 g/mol. The second-order valence-electron chi connectivity index (χ2n) is 4.95. The first-order valence-electron chi connectivity index (χ1n) is 6.77. The van der Waals surface area contributed by atoms with Crippen LogP contribution < -0.4 is 0 Å². The molecular formula is C16H19NO2S2. The van der Waals surface area contributed by atoms with Crippen LogP contribution in [0.1, 0.15) is 18.2 Å². The van der Waals surface area contributed by atoms with E-state index in [2.05, 4.69) is 41.6 Å². The molecule has 2 aromatic rings. The monoisotopic (exact) mass is 321 g/mol. The summed E-state index contributed by atoms with van der Waals surface area (Å²) >= 11 is 3.37. The molecule has 1 heterocycles. The minimum absolute atomic E-state index is 0.0739. The summed E-state index contributed by atoms with van der Waals surface area (Å²) in [6, 6.07) is 8.40. The molecule has 0 N–H and O–H groups in total. The van der Waals surface area contributed by atoms with E-state index < -0.39 is 0 Å². The molecule has 112 valence electrons. The number of benzene rings is 1. The molecule has 0 radical (unpaired) electrons. The van der Waals surface area contributed by atoms with Gasteiger partial charge >= 0.3 is 5.97 Å². The number of aryl methyl sites for hydroxylation is 1. The van der Waals surface area contributed by atoms with E-state index in [1.165, 1.54) is 12.7 Å². The third-order valence-corrected chi connectivity index (χ3v) is 5.25. The minimum atomic E-state index is -0.152. The van der Waals surface area contributed by atoms with Crippen LogP contribution in [0.2, 0.25) is 0 Å². The predicted molar refractivity (Wildman–Crippen MR) is 89.6 cm³/mol. The van der Waals surface area contributed by atoms with Gasteiger partial charge in [-0.1, -0.05) is 36.8 Å². The number of nitrogens with zero attached hydrogens (tertiary/aromatic N) is 1. The zero-order valence-corrected chi connectivity index (χ0v) is 14.1. The summed E-state index contributed by atoms with van der Waals surface area (Å²) in [6.45, 7) is 3.97. The lowest BCUT2D eigenvalue weighted by atomic mass is 10.2. The highest BCUT2D eigenvalue weighted by atomic mass is 32.2. The quantitative estimate of drug-likeness (QED) is 0.749. The first-order valence-corrected chi connectivity index (χ1v) is 8.80. The van der Waals surface area contributed by atoms with Crippen molar-refractivity contribution in [1.82, 2.24) is 4.98 Å². The summed E-state index contributed by atoms with van der Waals surface area (Å²) in [5.74, 6) is 1.35. The molecule has 0 saturated carbocycles. The van der Waals surface area contributed by atoms with Gasteiger partial charge in [0.2, 0.25) is 0 Å². The second kappa shape index (κ2) is 7.61. The van der Waals surface area contributed by atoms with Gasteiger partial charge in [0, 0.05) is 22.4 Å². The molecule has 2 rings (SSSR count). The van der Waals surface area contributed by atoms with Crippen LogP contribution in [0.3, 0.4) is 0 Å². The highest BCUT2D eigenvalue weighted by Gasteiger charge is 2.13. The third-order valence-electron chi connectivity index (χ3n) is 3.07. The van der Waals surface area contributed by atoms with Crippen molar-refractivity contribution >= 4 is 29.1 Å². The summed E-state index contributed by atoms with van der Waals surface area (Å²) < 4.78 is 4.72. The largest absolute Gasteiger partial charge is 0.469 e. The van der Waals surface area contributed by atoms with E-state index in [9.17, 15) is 4.79 Å². The molecule has 21 heavy (non-hydrogen) atoms. The molecule has 0 fully saturated rings. The summed E-state index contributed by atoms with van der Waals surface area (Å²) in [5.41, 5.74) is 3.48. The molecule has 0 aliphatic rings. The molecule has 0 saturated heterocycles. The molecule has 0 spiro atoms. The van der Waals surface area contributed by atoms with E-state index in [4.69, 9.17) is 4.74 Å². The van der Waals surface area contributed by atoms with E-state index in [0.717, 1.165) is 27.8 Å². The smallest absolute Gasteiger partial charge is 0.309 e. The fourth-order valence-electron chi connectivity index (χ4n) is 1.81. The Morgan fingerprint density at radius 1 is 1.38 bits per heavy atom. The topological polar surface area (TPSA) is 39.2 Å². The van der Waals surface area contributed by atoms with Crippen LogP contribution in [0, 0.1) is 12.8 Å². The zero-order chi connectivity index (χ0) is 15.2. The first kappa shape index (κ1) is 16.0. The lowest BCUT2D eigenvalue weighted by molar-refractivity contribution is -0.143. The Hall–Kier alpha value is -1.33. The molecule has 1 aromatic heterocycles. The van der Waals surface area contributed by atoms with Gasteiger partial charge in [0.25, 0.3) is 0 Å². The van der Waals surface area contributed by atoms with E-state index >= 15 is 0 Å². The van der Waals surface area contributed by atoms with E-state index in [1.807, 2.05) is 6.92 Å². The van der Waals surface area contributed by atoms with Crippen molar-refractivity contribution in [3.05, 3.63) is 40.9 Å². The minimum Gasteiger partial charge on any atom is -0.469 e. The van der Waals surface area contributed by atoms with Crippen LogP contribution in [0.4, 0.5) is 0 Å². The number of thiazole rings is 1. The van der Waals surface area contributed by atoms with Crippen LogP contribution in [0.5, 0.6) is 0 Å². The van der Waals surface area contributed by atoms with Gasteiger partial charge in [0.1, 0.15) is 5.01 Å². The molecule has 1 aromatic carbocycles. The lowest BCUT2D eigenvalue weighted by Crippen LogP contribution is -2.14. The van der Waals surface area contributed by atoms with E-state index in [0.29, 0.717) is 0 Å². The first-order chi connectivity index (χ1) is 10.1. The Kier molecular flexibility index (Phi) is 5.82. The van der Waals surface area contributed by atoms with Gasteiger partial charge in [-0.25, -0.2) is 4.98 Å². The average Bonchev–Trinajstić information content (AvgIpc) is 2.95. The van der Waals surface area contributed by atoms with Gasteiger partial charge in [-0.2, -0.15) is 11.8 Å². The van der Waals surface area contributed by atoms with Gasteiger partial charge in [-0.3, -0.25) is 4.79 Å². The molecule has 0 amide bonds. The summed E-state index contributed by atoms with van der Waals surface area (Å²) in [7, 11) is 1.43. The van der Waals surface area contributed by atoms with Crippen LogP contribution in [0.15, 0.2) is 29.6 Å². The maximum Gasteiger partial charge on any atom is 0.309 e. The lowest BCUT2D eigenvalue weighted by Gasteiger charge is -2.07. The van der Waals surface area contributed by atoms with Crippen molar-refractivity contribution in [2.24, 2.45) is 5.92 Å². The van der Waals surface area contributed by atoms with Crippen molar-refractivity contribution in [1.29, 1.82) is 0 Å². The second-order valence-corrected chi connectivity index (χ2v) is 6.84. The molecule has 5 heteroatoms. The number of methoxy groups -OCH3 is 1. The zero-order valence-electron chi connectivity index (χ0n) is 12.5. The van der Waals surface area contributed by atoms with Crippen molar-refractivity contribution in [3.63, 3.8) is 0 Å². The Morgan fingerprint density at radius 2 is 2.10 bits per heavy atom. The average molecular weight is 321 g/mol. The summed E-state index contributed by atoms with van der Waals surface area (Å²) in [5, 5.41) is 3.14. The summed E-state index contributed by atoms with van der Waals surface area (Å²) in [6.07, 6.45) is 0. The molecule has 0 bridgehead atoms. The van der Waals surface area contributed by atoms with Crippen molar-refractivity contribution in [2.45, 2.75) is 19.6 Å². The third kappa shape index (κ3) is 4.58. The van der Waals surface area contributed by atoms with Gasteiger partial charge in [-0.15, -0.1) is 11.3 Å². The highest BCUT2D eigenvalue weighted by Crippen LogP contribution is 2.26. The van der Waals surface area contributed by atoms with E-state index in [-0.39, 0.29) is 11.9 Å². The van der Waals surface area contributed by atoms with Crippen molar-refractivity contribution in [2.75, 3.05) is 12.9 Å². The number of hydrogen-bond donors (Lipinski definition) is 0. The SMILES string of the molecule is COC(=O)C(C)CSCc1csc(-c2ccc(C)cc2)n1. The fourth-order valence-corrected chi connectivity index (χ4v) is 3.71. The van der Waals surface area contributed by atoms with Crippen molar-refractivity contribution in [3.8, 4) is 10.6 Å².